The number of para-hydroxylation sites is 2. The molecular formula is C27H36N4O. The summed E-state index contributed by atoms with van der Waals surface area (Å²) in [5.74, 6) is 0. The molecule has 170 valence electrons. The van der Waals surface area contributed by atoms with Crippen LogP contribution in [0.25, 0.3) is 32.7 Å². The smallest absolute Gasteiger partial charge is 0.275 e. The summed E-state index contributed by atoms with van der Waals surface area (Å²) in [6, 6.07) is 16.9. The Kier molecular flexibility index (Phi) is 6.97. The summed E-state index contributed by atoms with van der Waals surface area (Å²) >= 11 is 0. The van der Waals surface area contributed by atoms with Crippen LogP contribution in [0.15, 0.2) is 53.3 Å². The van der Waals surface area contributed by atoms with E-state index >= 15 is 0 Å². The van der Waals surface area contributed by atoms with E-state index < -0.39 is 0 Å². The topological polar surface area (TPSA) is 33.4 Å². The van der Waals surface area contributed by atoms with Crippen molar-refractivity contribution in [1.82, 2.24) is 18.9 Å². The molecule has 0 aliphatic heterocycles. The Hall–Kier alpha value is -2.63. The predicted molar refractivity (Wildman–Crippen MR) is 137 cm³/mol. The minimum absolute atomic E-state index is 0.126. The molecule has 0 aliphatic carbocycles. The van der Waals surface area contributed by atoms with Crippen molar-refractivity contribution < 1.29 is 0 Å². The summed E-state index contributed by atoms with van der Waals surface area (Å²) in [6.45, 7) is 16.1. The van der Waals surface area contributed by atoms with Crippen LogP contribution in [0, 0.1) is 0 Å². The average molecular weight is 433 g/mol. The Morgan fingerprint density at radius 2 is 1.09 bits per heavy atom. The summed E-state index contributed by atoms with van der Waals surface area (Å²) in [6.07, 6.45) is 0. The van der Waals surface area contributed by atoms with Crippen molar-refractivity contribution in [3.63, 3.8) is 0 Å². The first-order chi connectivity index (χ1) is 15.6. The zero-order valence-electron chi connectivity index (χ0n) is 20.0. The van der Waals surface area contributed by atoms with E-state index in [0.29, 0.717) is 6.54 Å². The second-order valence-corrected chi connectivity index (χ2v) is 8.42. The van der Waals surface area contributed by atoms with Gasteiger partial charge in [0, 0.05) is 47.9 Å². The molecule has 0 aliphatic rings. The van der Waals surface area contributed by atoms with Gasteiger partial charge in [0.2, 0.25) is 0 Å². The molecule has 0 bridgehead atoms. The van der Waals surface area contributed by atoms with Crippen LogP contribution in [0.2, 0.25) is 0 Å². The third-order valence-corrected chi connectivity index (χ3v) is 6.95. The van der Waals surface area contributed by atoms with Gasteiger partial charge in [-0.05, 0) is 38.3 Å². The molecule has 0 amide bonds. The van der Waals surface area contributed by atoms with Crippen molar-refractivity contribution in [3.8, 4) is 0 Å². The monoisotopic (exact) mass is 432 g/mol. The average Bonchev–Trinajstić information content (AvgIpc) is 3.17. The molecule has 5 heteroatoms. The van der Waals surface area contributed by atoms with Gasteiger partial charge < -0.3 is 18.9 Å². The van der Waals surface area contributed by atoms with Crippen molar-refractivity contribution in [3.05, 3.63) is 58.9 Å². The zero-order valence-corrected chi connectivity index (χ0v) is 20.0. The van der Waals surface area contributed by atoms with Crippen molar-refractivity contribution in [2.24, 2.45) is 0 Å². The third kappa shape index (κ3) is 3.96. The van der Waals surface area contributed by atoms with Crippen LogP contribution in [0.3, 0.4) is 0 Å². The van der Waals surface area contributed by atoms with Crippen LogP contribution in [0.4, 0.5) is 0 Å². The Bertz CT molecular complexity index is 1260. The van der Waals surface area contributed by atoms with Crippen LogP contribution < -0.4 is 5.56 Å². The Morgan fingerprint density at radius 1 is 0.656 bits per heavy atom. The van der Waals surface area contributed by atoms with Gasteiger partial charge >= 0.3 is 0 Å². The number of pyridine rings is 1. The Balaban J connectivity index is 1.97. The summed E-state index contributed by atoms with van der Waals surface area (Å²) in [4.78, 5) is 18.8. The first kappa shape index (κ1) is 22.6. The summed E-state index contributed by atoms with van der Waals surface area (Å²) in [5, 5.41) is 3.44. The van der Waals surface area contributed by atoms with Gasteiger partial charge in [-0.3, -0.25) is 4.79 Å². The van der Waals surface area contributed by atoms with Crippen molar-refractivity contribution in [1.29, 1.82) is 0 Å². The number of nitrogens with zero attached hydrogens (tertiary/aromatic N) is 4. The Morgan fingerprint density at radius 3 is 1.59 bits per heavy atom. The molecular weight excluding hydrogens is 396 g/mol. The highest BCUT2D eigenvalue weighted by Gasteiger charge is 2.19. The highest BCUT2D eigenvalue weighted by Crippen LogP contribution is 2.32. The van der Waals surface area contributed by atoms with Crippen LogP contribution >= 0.6 is 0 Å². The minimum atomic E-state index is 0.126. The highest BCUT2D eigenvalue weighted by atomic mass is 16.1. The van der Waals surface area contributed by atoms with E-state index in [1.54, 1.807) is 0 Å². The number of fused-ring (bicyclic) bond motifs is 5. The van der Waals surface area contributed by atoms with Gasteiger partial charge in [0.1, 0.15) is 5.52 Å². The second kappa shape index (κ2) is 9.88. The van der Waals surface area contributed by atoms with E-state index in [1.807, 2.05) is 10.6 Å². The first-order valence-corrected chi connectivity index (χ1v) is 12.1. The fourth-order valence-corrected chi connectivity index (χ4v) is 4.97. The maximum Gasteiger partial charge on any atom is 0.275 e. The number of hydrogen-bond donors (Lipinski definition) is 0. The number of aromatic nitrogens is 2. The highest BCUT2D eigenvalue weighted by molar-refractivity contribution is 6.19. The van der Waals surface area contributed by atoms with Gasteiger partial charge in [-0.2, -0.15) is 0 Å². The van der Waals surface area contributed by atoms with Gasteiger partial charge in [0.15, 0.2) is 0 Å². The maximum absolute atomic E-state index is 14.0. The van der Waals surface area contributed by atoms with E-state index in [4.69, 9.17) is 0 Å². The van der Waals surface area contributed by atoms with Crippen LogP contribution in [0.1, 0.15) is 27.7 Å². The van der Waals surface area contributed by atoms with Gasteiger partial charge in [-0.15, -0.1) is 0 Å². The number of rotatable bonds is 10. The van der Waals surface area contributed by atoms with Crippen molar-refractivity contribution >= 4 is 32.7 Å². The number of benzene rings is 2. The molecule has 0 fully saturated rings. The molecule has 0 saturated heterocycles. The lowest BCUT2D eigenvalue weighted by atomic mass is 10.1. The van der Waals surface area contributed by atoms with E-state index in [9.17, 15) is 4.79 Å². The number of likely N-dealkylation sites (N-methyl/N-ethyl adjacent to an activating group) is 2. The molecule has 0 unspecified atom stereocenters. The van der Waals surface area contributed by atoms with E-state index in [0.717, 1.165) is 67.7 Å². The maximum atomic E-state index is 14.0. The molecule has 2 aromatic carbocycles. The molecule has 2 heterocycles. The molecule has 4 rings (SSSR count). The quantitative estimate of drug-likeness (QED) is 0.361. The fraction of sp³-hybridized carbons (Fsp3) is 0.444. The van der Waals surface area contributed by atoms with Crippen LogP contribution in [0.5, 0.6) is 0 Å². The molecule has 0 N–H and O–H groups in total. The van der Waals surface area contributed by atoms with Crippen molar-refractivity contribution in [2.75, 3.05) is 39.3 Å². The van der Waals surface area contributed by atoms with E-state index in [1.165, 1.54) is 10.8 Å². The molecule has 5 nitrogen and oxygen atoms in total. The summed E-state index contributed by atoms with van der Waals surface area (Å²) in [5.41, 5.74) is 3.15. The molecule has 0 radical (unpaired) electrons. The van der Waals surface area contributed by atoms with Gasteiger partial charge in [0.25, 0.3) is 5.56 Å². The fourth-order valence-electron chi connectivity index (χ4n) is 4.97. The van der Waals surface area contributed by atoms with Crippen LogP contribution in [-0.2, 0) is 13.1 Å². The lowest BCUT2D eigenvalue weighted by Gasteiger charge is -2.21. The zero-order chi connectivity index (χ0) is 22.7. The van der Waals surface area contributed by atoms with Gasteiger partial charge in [0.05, 0.1) is 5.52 Å². The minimum Gasteiger partial charge on any atom is -0.335 e. The third-order valence-electron chi connectivity index (χ3n) is 6.95. The molecule has 32 heavy (non-hydrogen) atoms. The summed E-state index contributed by atoms with van der Waals surface area (Å²) < 4.78 is 4.27. The lowest BCUT2D eigenvalue weighted by Crippen LogP contribution is -2.32. The molecule has 0 spiro atoms. The van der Waals surface area contributed by atoms with Gasteiger partial charge in [-0.1, -0.05) is 64.1 Å². The number of hydrogen-bond acceptors (Lipinski definition) is 3. The second-order valence-electron chi connectivity index (χ2n) is 8.42. The molecule has 0 atom stereocenters. The van der Waals surface area contributed by atoms with Crippen molar-refractivity contribution in [2.45, 2.75) is 40.8 Å². The standard InChI is InChI=1S/C27H36N4O/c1-5-28(6-2)17-19-30-23-15-11-9-13-21(23)25-22-14-10-12-16-24(22)31(27(32)26(25)30)20-18-29(7-3)8-4/h9-16H,5-8,17-20H2,1-4H3. The van der Waals surface area contributed by atoms with E-state index in [-0.39, 0.29) is 5.56 Å². The lowest BCUT2D eigenvalue weighted by molar-refractivity contribution is 0.290. The molecule has 4 aromatic rings. The largest absolute Gasteiger partial charge is 0.335 e. The molecule has 0 saturated carbocycles. The van der Waals surface area contributed by atoms with Crippen LogP contribution in [-0.4, -0.2) is 58.2 Å². The SMILES string of the molecule is CCN(CC)CCn1c(=O)c2c(c3ccccc31)c1ccccc1n2CCN(CC)CC. The predicted octanol–water partition coefficient (Wildman–Crippen LogP) is 4.79. The van der Waals surface area contributed by atoms with Gasteiger partial charge in [-0.25, -0.2) is 0 Å². The Labute approximate surface area is 190 Å². The normalized spacial score (nSPS) is 12.2. The molecule has 2 aromatic heterocycles. The van der Waals surface area contributed by atoms with E-state index in [2.05, 4.69) is 84.5 Å². The summed E-state index contributed by atoms with van der Waals surface area (Å²) in [7, 11) is 0. The first-order valence-electron chi connectivity index (χ1n) is 12.1.